The largest absolute Gasteiger partial charge is 0.494 e. The minimum absolute atomic E-state index is 0.496. The van der Waals surface area contributed by atoms with Crippen LogP contribution in [0.4, 0.5) is 0 Å². The lowest BCUT2D eigenvalue weighted by molar-refractivity contribution is 0.418. The molecule has 0 aliphatic rings. The van der Waals surface area contributed by atoms with Gasteiger partial charge in [-0.3, -0.25) is 4.98 Å². The fourth-order valence-corrected chi connectivity index (χ4v) is 1.60. The van der Waals surface area contributed by atoms with Crippen LogP contribution in [0.15, 0.2) is 12.3 Å². The third-order valence-corrected chi connectivity index (χ3v) is 2.20. The fraction of sp³-hybridized carbons (Fsp3) is 0.222. The molecule has 4 nitrogen and oxygen atoms in total. The van der Waals surface area contributed by atoms with E-state index in [2.05, 4.69) is 15.0 Å². The number of fused-ring (bicyclic) bond motifs is 1. The van der Waals surface area contributed by atoms with Crippen molar-refractivity contribution >= 4 is 23.3 Å². The number of aromatic nitrogens is 3. The average molecular weight is 207 g/mol. The van der Waals surface area contributed by atoms with Crippen molar-refractivity contribution in [2.75, 3.05) is 7.11 Å². The van der Waals surface area contributed by atoms with Gasteiger partial charge in [-0.1, -0.05) is 12.2 Å². The van der Waals surface area contributed by atoms with Crippen LogP contribution in [-0.4, -0.2) is 22.1 Å². The number of hydrogen-bond acceptors (Lipinski definition) is 4. The average Bonchev–Trinajstić information content (AvgIpc) is 2.17. The Bertz CT molecular complexity index is 535. The van der Waals surface area contributed by atoms with Gasteiger partial charge in [0.2, 0.25) is 0 Å². The lowest BCUT2D eigenvalue weighted by Crippen LogP contribution is -1.95. The lowest BCUT2D eigenvalue weighted by Gasteiger charge is -2.04. The molecule has 2 heterocycles. The van der Waals surface area contributed by atoms with E-state index in [0.29, 0.717) is 10.2 Å². The highest BCUT2D eigenvalue weighted by atomic mass is 32.1. The van der Waals surface area contributed by atoms with Gasteiger partial charge in [-0.15, -0.1) is 0 Å². The molecule has 2 rings (SSSR count). The Balaban J connectivity index is 2.94. The molecule has 0 atom stereocenters. The normalized spacial score (nSPS) is 10.4. The van der Waals surface area contributed by atoms with Crippen molar-refractivity contribution in [1.29, 1.82) is 0 Å². The maximum absolute atomic E-state index is 5.19. The lowest BCUT2D eigenvalue weighted by atomic mass is 10.3. The van der Waals surface area contributed by atoms with Gasteiger partial charge in [0.15, 0.2) is 4.64 Å². The van der Waals surface area contributed by atoms with Crippen LogP contribution >= 0.6 is 12.2 Å². The van der Waals surface area contributed by atoms with Crippen LogP contribution in [0.25, 0.3) is 11.0 Å². The molecular formula is C9H9N3OS. The summed E-state index contributed by atoms with van der Waals surface area (Å²) in [6.07, 6.45) is 1.65. The monoisotopic (exact) mass is 207 g/mol. The molecule has 0 saturated heterocycles. The zero-order valence-corrected chi connectivity index (χ0v) is 8.68. The predicted molar refractivity (Wildman–Crippen MR) is 56.0 cm³/mol. The van der Waals surface area contributed by atoms with Crippen LogP contribution in [0.3, 0.4) is 0 Å². The number of aromatic amines is 1. The first-order valence-corrected chi connectivity index (χ1v) is 4.53. The summed E-state index contributed by atoms with van der Waals surface area (Å²) >= 11 is 5.10. The summed E-state index contributed by atoms with van der Waals surface area (Å²) in [5, 5.41) is 0. The molecule has 14 heavy (non-hydrogen) atoms. The van der Waals surface area contributed by atoms with Crippen molar-refractivity contribution in [3.05, 3.63) is 22.7 Å². The van der Waals surface area contributed by atoms with E-state index in [1.165, 1.54) is 0 Å². The summed E-state index contributed by atoms with van der Waals surface area (Å²) in [6, 6.07) is 1.78. The zero-order chi connectivity index (χ0) is 10.1. The second kappa shape index (κ2) is 3.34. The predicted octanol–water partition coefficient (Wildman–Crippen LogP) is 2.00. The molecule has 0 aliphatic carbocycles. The van der Waals surface area contributed by atoms with Crippen molar-refractivity contribution in [2.45, 2.75) is 6.92 Å². The Morgan fingerprint density at radius 2 is 2.29 bits per heavy atom. The minimum atomic E-state index is 0.496. The Morgan fingerprint density at radius 1 is 1.50 bits per heavy atom. The number of pyridine rings is 1. The van der Waals surface area contributed by atoms with Gasteiger partial charge in [0.05, 0.1) is 7.11 Å². The maximum atomic E-state index is 5.19. The molecule has 0 bridgehead atoms. The molecule has 2 aromatic heterocycles. The summed E-state index contributed by atoms with van der Waals surface area (Å²) in [7, 11) is 1.61. The van der Waals surface area contributed by atoms with Gasteiger partial charge in [-0.05, 0) is 6.92 Å². The summed E-state index contributed by atoms with van der Waals surface area (Å²) < 4.78 is 5.69. The van der Waals surface area contributed by atoms with Gasteiger partial charge in [0, 0.05) is 12.3 Å². The number of rotatable bonds is 1. The Kier molecular flexibility index (Phi) is 2.17. The van der Waals surface area contributed by atoms with Crippen LogP contribution in [0.1, 0.15) is 5.82 Å². The standard InChI is InChI=1S/C9H9N3OS/c1-5-11-7-6(13-2)3-4-10-8(7)9(14)12-5/h3-4H,1-2H3,(H,11,12,14). The van der Waals surface area contributed by atoms with E-state index in [1.807, 2.05) is 6.92 Å². The van der Waals surface area contributed by atoms with Gasteiger partial charge >= 0.3 is 0 Å². The van der Waals surface area contributed by atoms with E-state index < -0.39 is 0 Å². The first-order valence-electron chi connectivity index (χ1n) is 4.12. The van der Waals surface area contributed by atoms with Gasteiger partial charge in [0.25, 0.3) is 0 Å². The van der Waals surface area contributed by atoms with Crippen molar-refractivity contribution in [3.8, 4) is 5.75 Å². The SMILES string of the molecule is COc1ccnc2c(=S)nc(C)[nH]c12. The molecule has 72 valence electrons. The van der Waals surface area contributed by atoms with Crippen LogP contribution < -0.4 is 4.74 Å². The number of nitrogens with one attached hydrogen (secondary N) is 1. The Morgan fingerprint density at radius 3 is 3.00 bits per heavy atom. The topological polar surface area (TPSA) is 50.8 Å². The van der Waals surface area contributed by atoms with Crippen molar-refractivity contribution in [2.24, 2.45) is 0 Å². The molecule has 2 aromatic rings. The van der Waals surface area contributed by atoms with Gasteiger partial charge < -0.3 is 9.72 Å². The summed E-state index contributed by atoms with van der Waals surface area (Å²) in [5.74, 6) is 1.49. The third kappa shape index (κ3) is 1.35. The Labute approximate surface area is 86.0 Å². The Hall–Kier alpha value is -1.49. The smallest absolute Gasteiger partial charge is 0.156 e. The number of H-pyrrole nitrogens is 1. The number of methoxy groups -OCH3 is 1. The molecule has 0 saturated carbocycles. The molecular weight excluding hydrogens is 198 g/mol. The second-order valence-corrected chi connectivity index (χ2v) is 3.25. The molecule has 1 N–H and O–H groups in total. The van der Waals surface area contributed by atoms with Crippen molar-refractivity contribution in [3.63, 3.8) is 0 Å². The third-order valence-electron chi connectivity index (χ3n) is 1.91. The highest BCUT2D eigenvalue weighted by molar-refractivity contribution is 7.71. The number of hydrogen-bond donors (Lipinski definition) is 1. The first kappa shape index (κ1) is 9.08. The molecule has 0 aliphatic heterocycles. The van der Waals surface area contributed by atoms with Crippen LogP contribution in [-0.2, 0) is 0 Å². The molecule has 0 spiro atoms. The van der Waals surface area contributed by atoms with Crippen LogP contribution in [0.2, 0.25) is 0 Å². The zero-order valence-electron chi connectivity index (χ0n) is 7.87. The van der Waals surface area contributed by atoms with Crippen molar-refractivity contribution in [1.82, 2.24) is 15.0 Å². The van der Waals surface area contributed by atoms with E-state index in [9.17, 15) is 0 Å². The summed E-state index contributed by atoms with van der Waals surface area (Å²) in [4.78, 5) is 11.4. The van der Waals surface area contributed by atoms with Gasteiger partial charge in [-0.25, -0.2) is 4.98 Å². The van der Waals surface area contributed by atoms with E-state index in [0.717, 1.165) is 17.1 Å². The van der Waals surface area contributed by atoms with Crippen molar-refractivity contribution < 1.29 is 4.74 Å². The summed E-state index contributed by atoms with van der Waals surface area (Å²) in [6.45, 7) is 1.85. The van der Waals surface area contributed by atoms with Crippen LogP contribution in [0.5, 0.6) is 5.75 Å². The minimum Gasteiger partial charge on any atom is -0.494 e. The molecule has 0 amide bonds. The highest BCUT2D eigenvalue weighted by Crippen LogP contribution is 2.21. The van der Waals surface area contributed by atoms with Crippen LogP contribution in [0, 0.1) is 11.6 Å². The van der Waals surface area contributed by atoms with E-state index in [4.69, 9.17) is 17.0 Å². The maximum Gasteiger partial charge on any atom is 0.156 e. The molecule has 0 radical (unpaired) electrons. The first-order chi connectivity index (χ1) is 6.72. The van der Waals surface area contributed by atoms with E-state index >= 15 is 0 Å². The highest BCUT2D eigenvalue weighted by Gasteiger charge is 2.04. The second-order valence-electron chi connectivity index (χ2n) is 2.86. The fourth-order valence-electron chi connectivity index (χ4n) is 1.31. The molecule has 5 heteroatoms. The van der Waals surface area contributed by atoms with Gasteiger partial charge in [0.1, 0.15) is 22.6 Å². The van der Waals surface area contributed by atoms with E-state index in [1.54, 1.807) is 19.4 Å². The van der Waals surface area contributed by atoms with Gasteiger partial charge in [-0.2, -0.15) is 0 Å². The summed E-state index contributed by atoms with van der Waals surface area (Å²) in [5.41, 5.74) is 1.47. The quantitative estimate of drug-likeness (QED) is 0.727. The number of nitrogens with zero attached hydrogens (tertiary/aromatic N) is 2. The molecule has 0 unspecified atom stereocenters. The van der Waals surface area contributed by atoms with E-state index in [-0.39, 0.29) is 0 Å². The molecule has 0 fully saturated rings. The molecule has 0 aromatic carbocycles. The number of aryl methyl sites for hydroxylation is 1. The number of ether oxygens (including phenoxy) is 1.